The Morgan fingerprint density at radius 3 is 2.82 bits per heavy atom. The van der Waals surface area contributed by atoms with Crippen molar-refractivity contribution in [3.8, 4) is 0 Å². The predicted octanol–water partition coefficient (Wildman–Crippen LogP) is 1.44. The fourth-order valence-corrected chi connectivity index (χ4v) is 2.39. The van der Waals surface area contributed by atoms with Gasteiger partial charge in [0.15, 0.2) is 0 Å². The molecular formula is C13H26N2O2. The van der Waals surface area contributed by atoms with Gasteiger partial charge in [-0.15, -0.1) is 0 Å². The zero-order valence-electron chi connectivity index (χ0n) is 11.1. The summed E-state index contributed by atoms with van der Waals surface area (Å²) in [5, 5.41) is 3.09. The Labute approximate surface area is 104 Å². The molecule has 3 atom stereocenters. The van der Waals surface area contributed by atoms with Crippen LogP contribution in [0.25, 0.3) is 0 Å². The molecule has 0 saturated heterocycles. The van der Waals surface area contributed by atoms with Crippen molar-refractivity contribution in [2.45, 2.75) is 57.6 Å². The average Bonchev–Trinajstić information content (AvgIpc) is 2.74. The quantitative estimate of drug-likeness (QED) is 0.710. The Morgan fingerprint density at radius 1 is 1.47 bits per heavy atom. The Kier molecular flexibility index (Phi) is 6.52. The van der Waals surface area contributed by atoms with Gasteiger partial charge in [-0.25, -0.2) is 0 Å². The molecule has 0 heterocycles. The molecule has 0 aromatic rings. The van der Waals surface area contributed by atoms with Crippen molar-refractivity contribution in [2.24, 2.45) is 11.7 Å². The Hall–Kier alpha value is -0.610. The van der Waals surface area contributed by atoms with E-state index >= 15 is 0 Å². The smallest absolute Gasteiger partial charge is 0.220 e. The molecule has 3 unspecified atom stereocenters. The molecule has 1 rings (SSSR count). The van der Waals surface area contributed by atoms with E-state index in [1.165, 1.54) is 0 Å². The van der Waals surface area contributed by atoms with Gasteiger partial charge in [-0.1, -0.05) is 6.92 Å². The lowest BCUT2D eigenvalue weighted by molar-refractivity contribution is -0.122. The highest BCUT2D eigenvalue weighted by Gasteiger charge is 2.25. The molecule has 0 bridgehead atoms. The monoisotopic (exact) mass is 242 g/mol. The molecule has 1 aliphatic rings. The number of amides is 1. The van der Waals surface area contributed by atoms with Crippen molar-refractivity contribution in [1.29, 1.82) is 0 Å². The minimum Gasteiger partial charge on any atom is -0.381 e. The fraction of sp³-hybridized carbons (Fsp3) is 0.923. The van der Waals surface area contributed by atoms with Crippen LogP contribution in [0.15, 0.2) is 0 Å². The molecule has 100 valence electrons. The number of nitrogens with two attached hydrogens (primary N) is 1. The molecule has 1 saturated carbocycles. The number of nitrogens with one attached hydrogen (secondary N) is 1. The normalized spacial score (nSPS) is 25.8. The van der Waals surface area contributed by atoms with E-state index in [2.05, 4.69) is 12.2 Å². The van der Waals surface area contributed by atoms with Gasteiger partial charge < -0.3 is 15.8 Å². The van der Waals surface area contributed by atoms with Gasteiger partial charge in [0.2, 0.25) is 5.91 Å². The van der Waals surface area contributed by atoms with Crippen LogP contribution in [0.4, 0.5) is 0 Å². The minimum absolute atomic E-state index is 0.177. The van der Waals surface area contributed by atoms with Gasteiger partial charge in [0, 0.05) is 19.6 Å². The average molecular weight is 242 g/mol. The van der Waals surface area contributed by atoms with E-state index < -0.39 is 0 Å². The summed E-state index contributed by atoms with van der Waals surface area (Å²) in [6, 6.07) is 0.317. The maximum Gasteiger partial charge on any atom is 0.220 e. The van der Waals surface area contributed by atoms with Crippen molar-refractivity contribution in [1.82, 2.24) is 5.32 Å². The number of rotatable bonds is 7. The van der Waals surface area contributed by atoms with Crippen molar-refractivity contribution in [3.63, 3.8) is 0 Å². The van der Waals surface area contributed by atoms with Crippen LogP contribution >= 0.6 is 0 Å². The second kappa shape index (κ2) is 7.67. The summed E-state index contributed by atoms with van der Waals surface area (Å²) in [6.45, 7) is 2.86. The number of hydrogen-bond acceptors (Lipinski definition) is 3. The summed E-state index contributed by atoms with van der Waals surface area (Å²) in [7, 11) is 1.74. The highest BCUT2D eigenvalue weighted by atomic mass is 16.5. The van der Waals surface area contributed by atoms with Crippen molar-refractivity contribution in [3.05, 3.63) is 0 Å². The van der Waals surface area contributed by atoms with Gasteiger partial charge in [-0.3, -0.25) is 4.79 Å². The molecule has 1 fully saturated rings. The maximum absolute atomic E-state index is 11.7. The minimum atomic E-state index is 0.177. The van der Waals surface area contributed by atoms with Crippen LogP contribution in [0, 0.1) is 5.92 Å². The van der Waals surface area contributed by atoms with Crippen LogP contribution in [0.3, 0.4) is 0 Å². The van der Waals surface area contributed by atoms with Crippen LogP contribution in [-0.2, 0) is 9.53 Å². The molecule has 17 heavy (non-hydrogen) atoms. The largest absolute Gasteiger partial charge is 0.381 e. The summed E-state index contributed by atoms with van der Waals surface area (Å²) in [6.07, 6.45) is 5.95. The second-order valence-electron chi connectivity index (χ2n) is 5.16. The first-order chi connectivity index (χ1) is 8.15. The van der Waals surface area contributed by atoms with Gasteiger partial charge in [0.25, 0.3) is 0 Å². The Morgan fingerprint density at radius 2 is 2.24 bits per heavy atom. The van der Waals surface area contributed by atoms with E-state index in [-0.39, 0.29) is 5.91 Å². The first kappa shape index (κ1) is 14.5. The summed E-state index contributed by atoms with van der Waals surface area (Å²) >= 11 is 0. The third kappa shape index (κ3) is 5.50. The highest BCUT2D eigenvalue weighted by Crippen LogP contribution is 2.21. The second-order valence-corrected chi connectivity index (χ2v) is 5.16. The summed E-state index contributed by atoms with van der Waals surface area (Å²) in [4.78, 5) is 11.7. The van der Waals surface area contributed by atoms with Crippen LogP contribution in [0.5, 0.6) is 0 Å². The van der Waals surface area contributed by atoms with Crippen LogP contribution < -0.4 is 11.1 Å². The number of ether oxygens (including phenoxy) is 1. The lowest BCUT2D eigenvalue weighted by Gasteiger charge is -2.14. The van der Waals surface area contributed by atoms with Gasteiger partial charge in [0.1, 0.15) is 0 Å². The van der Waals surface area contributed by atoms with Gasteiger partial charge in [-0.2, -0.15) is 0 Å². The Balaban J connectivity index is 2.13. The molecule has 1 amide bonds. The fourth-order valence-electron chi connectivity index (χ4n) is 2.39. The van der Waals surface area contributed by atoms with E-state index in [9.17, 15) is 4.79 Å². The van der Waals surface area contributed by atoms with Gasteiger partial charge >= 0.3 is 0 Å². The Bertz CT molecular complexity index is 233. The van der Waals surface area contributed by atoms with Crippen LogP contribution in [0.2, 0.25) is 0 Å². The summed E-state index contributed by atoms with van der Waals surface area (Å²) in [5.74, 6) is 0.719. The van der Waals surface area contributed by atoms with Crippen LogP contribution in [-0.4, -0.2) is 31.7 Å². The van der Waals surface area contributed by atoms with Crippen molar-refractivity contribution in [2.75, 3.05) is 13.7 Å². The number of carbonyl (C=O) groups is 1. The number of hydrogen-bond donors (Lipinski definition) is 2. The lowest BCUT2D eigenvalue weighted by atomic mass is 10.0. The molecule has 0 spiro atoms. The SMILES string of the molecule is COC1CCC(NC(=O)CCC(C)CCN)C1. The first-order valence-corrected chi connectivity index (χ1v) is 6.68. The standard InChI is InChI=1S/C13H26N2O2/c1-10(7-8-14)3-6-13(16)15-11-4-5-12(9-11)17-2/h10-12H,3-9,14H2,1-2H3,(H,15,16). The molecule has 3 N–H and O–H groups in total. The van der Waals surface area contributed by atoms with Gasteiger partial charge in [-0.05, 0) is 44.6 Å². The zero-order valence-corrected chi connectivity index (χ0v) is 11.1. The molecule has 0 radical (unpaired) electrons. The zero-order chi connectivity index (χ0) is 12.7. The highest BCUT2D eigenvalue weighted by molar-refractivity contribution is 5.76. The molecule has 4 heteroatoms. The number of methoxy groups -OCH3 is 1. The third-order valence-electron chi connectivity index (χ3n) is 3.61. The maximum atomic E-state index is 11.7. The molecule has 0 aromatic carbocycles. The van der Waals surface area contributed by atoms with Crippen molar-refractivity contribution < 1.29 is 9.53 Å². The molecule has 4 nitrogen and oxygen atoms in total. The van der Waals surface area contributed by atoms with Crippen molar-refractivity contribution >= 4 is 5.91 Å². The molecule has 0 aromatic heterocycles. The predicted molar refractivity (Wildman–Crippen MR) is 68.6 cm³/mol. The van der Waals surface area contributed by atoms with Crippen LogP contribution in [0.1, 0.15) is 45.4 Å². The third-order valence-corrected chi connectivity index (χ3v) is 3.61. The van der Waals surface area contributed by atoms with E-state index in [0.29, 0.717) is 31.0 Å². The summed E-state index contributed by atoms with van der Waals surface area (Å²) < 4.78 is 5.29. The van der Waals surface area contributed by atoms with E-state index in [1.807, 2.05) is 0 Å². The molecule has 1 aliphatic carbocycles. The topological polar surface area (TPSA) is 64.3 Å². The first-order valence-electron chi connectivity index (χ1n) is 6.68. The van der Waals surface area contributed by atoms with E-state index in [0.717, 1.165) is 32.1 Å². The molecule has 0 aliphatic heterocycles. The lowest BCUT2D eigenvalue weighted by Crippen LogP contribution is -2.33. The van der Waals surface area contributed by atoms with E-state index in [4.69, 9.17) is 10.5 Å². The van der Waals surface area contributed by atoms with E-state index in [1.54, 1.807) is 7.11 Å². The van der Waals surface area contributed by atoms with Gasteiger partial charge in [0.05, 0.1) is 6.10 Å². The number of carbonyl (C=O) groups excluding carboxylic acids is 1. The summed E-state index contributed by atoms with van der Waals surface area (Å²) in [5.41, 5.74) is 5.48. The molecular weight excluding hydrogens is 216 g/mol.